The number of rotatable bonds is 6. The van der Waals surface area contributed by atoms with Gasteiger partial charge in [-0.2, -0.15) is 0 Å². The lowest BCUT2D eigenvalue weighted by molar-refractivity contribution is 0.0592. The molecule has 0 unspecified atom stereocenters. The fourth-order valence-electron chi connectivity index (χ4n) is 2.67. The van der Waals surface area contributed by atoms with Gasteiger partial charge in [0.2, 0.25) is 0 Å². The minimum Gasteiger partial charge on any atom is -0.384 e. The smallest absolute Gasteiger partial charge is 0.315 e. The summed E-state index contributed by atoms with van der Waals surface area (Å²) in [6, 6.07) is 9.04. The van der Waals surface area contributed by atoms with E-state index < -0.39 is 5.60 Å². The Bertz CT molecular complexity index is 695. The van der Waals surface area contributed by atoms with Crippen molar-refractivity contribution in [2.75, 3.05) is 6.54 Å². The Hall–Kier alpha value is -1.92. The molecule has 128 valence electrons. The number of hydrogen-bond acceptors (Lipinski definition) is 4. The van der Waals surface area contributed by atoms with E-state index in [0.717, 1.165) is 29.1 Å². The topological polar surface area (TPSA) is 74.2 Å². The van der Waals surface area contributed by atoms with Crippen LogP contribution >= 0.6 is 11.3 Å². The number of aromatic nitrogens is 1. The molecule has 1 aliphatic rings. The van der Waals surface area contributed by atoms with Gasteiger partial charge in [0.25, 0.3) is 0 Å². The van der Waals surface area contributed by atoms with Gasteiger partial charge in [-0.1, -0.05) is 30.3 Å². The second kappa shape index (κ2) is 6.91. The van der Waals surface area contributed by atoms with E-state index in [2.05, 4.69) is 15.6 Å². The van der Waals surface area contributed by atoms with Crippen molar-refractivity contribution in [2.45, 2.75) is 38.3 Å². The van der Waals surface area contributed by atoms with Gasteiger partial charge < -0.3 is 15.7 Å². The molecule has 1 aromatic carbocycles. The first kappa shape index (κ1) is 16.9. The van der Waals surface area contributed by atoms with Gasteiger partial charge in [-0.15, -0.1) is 11.3 Å². The number of carbonyl (C=O) groups excluding carboxylic acids is 1. The van der Waals surface area contributed by atoms with Crippen molar-refractivity contribution in [3.8, 4) is 0 Å². The molecule has 3 rings (SSSR count). The minimum absolute atomic E-state index is 0.0367. The van der Waals surface area contributed by atoms with E-state index >= 15 is 0 Å². The van der Waals surface area contributed by atoms with Gasteiger partial charge in [0.15, 0.2) is 0 Å². The van der Waals surface area contributed by atoms with Gasteiger partial charge in [-0.25, -0.2) is 9.78 Å². The third-order valence-electron chi connectivity index (χ3n) is 4.27. The SMILES string of the molecule is Cc1csc([C@H](NC(=O)NC[C@](C)(O)c2ccccc2)C2CC2)n1. The fourth-order valence-corrected chi connectivity index (χ4v) is 3.61. The molecule has 0 aliphatic heterocycles. The quantitative estimate of drug-likeness (QED) is 0.753. The molecule has 1 aromatic heterocycles. The first-order valence-electron chi connectivity index (χ1n) is 8.20. The molecule has 2 aromatic rings. The number of nitrogens with zero attached hydrogens (tertiary/aromatic N) is 1. The first-order valence-corrected chi connectivity index (χ1v) is 9.08. The second-order valence-corrected chi connectivity index (χ2v) is 7.50. The highest BCUT2D eigenvalue weighted by Crippen LogP contribution is 2.41. The third-order valence-corrected chi connectivity index (χ3v) is 5.32. The lowest BCUT2D eigenvalue weighted by atomic mass is 9.96. The maximum atomic E-state index is 12.3. The highest BCUT2D eigenvalue weighted by atomic mass is 32.1. The molecule has 1 fully saturated rings. The zero-order valence-corrected chi connectivity index (χ0v) is 14.8. The van der Waals surface area contributed by atoms with Crippen LogP contribution < -0.4 is 10.6 Å². The summed E-state index contributed by atoms with van der Waals surface area (Å²) >= 11 is 1.59. The molecule has 0 radical (unpaired) electrons. The Labute approximate surface area is 146 Å². The van der Waals surface area contributed by atoms with Crippen molar-refractivity contribution in [3.63, 3.8) is 0 Å². The normalized spacial score (nSPS) is 17.8. The van der Waals surface area contributed by atoms with Gasteiger partial charge in [0.1, 0.15) is 10.6 Å². The van der Waals surface area contributed by atoms with E-state index in [1.165, 1.54) is 0 Å². The third kappa shape index (κ3) is 4.13. The number of thiazole rings is 1. The van der Waals surface area contributed by atoms with Crippen molar-refractivity contribution < 1.29 is 9.90 Å². The predicted octanol–water partition coefficient (Wildman–Crippen LogP) is 3.11. The van der Waals surface area contributed by atoms with E-state index in [1.54, 1.807) is 18.3 Å². The molecule has 24 heavy (non-hydrogen) atoms. The Morgan fingerprint density at radius 2 is 2.12 bits per heavy atom. The van der Waals surface area contributed by atoms with Crippen LogP contribution in [0.25, 0.3) is 0 Å². The molecule has 1 heterocycles. The summed E-state index contributed by atoms with van der Waals surface area (Å²) in [5.74, 6) is 0.468. The largest absolute Gasteiger partial charge is 0.384 e. The van der Waals surface area contributed by atoms with Crippen LogP contribution in [-0.4, -0.2) is 22.7 Å². The first-order chi connectivity index (χ1) is 11.5. The summed E-state index contributed by atoms with van der Waals surface area (Å²) in [4.78, 5) is 16.8. The van der Waals surface area contributed by atoms with Gasteiger partial charge >= 0.3 is 6.03 Å². The molecule has 0 saturated heterocycles. The van der Waals surface area contributed by atoms with E-state index in [1.807, 2.05) is 42.6 Å². The molecule has 3 N–H and O–H groups in total. The van der Waals surface area contributed by atoms with Crippen molar-refractivity contribution >= 4 is 17.4 Å². The van der Waals surface area contributed by atoms with Crippen LogP contribution in [-0.2, 0) is 5.60 Å². The average molecular weight is 345 g/mol. The number of benzene rings is 1. The van der Waals surface area contributed by atoms with Crippen LogP contribution in [0.2, 0.25) is 0 Å². The number of urea groups is 1. The fraction of sp³-hybridized carbons (Fsp3) is 0.444. The summed E-state index contributed by atoms with van der Waals surface area (Å²) in [6.07, 6.45) is 2.23. The maximum absolute atomic E-state index is 12.3. The molecule has 5 nitrogen and oxygen atoms in total. The monoisotopic (exact) mass is 345 g/mol. The lowest BCUT2D eigenvalue weighted by Crippen LogP contribution is -2.44. The number of amides is 2. The number of hydrogen-bond donors (Lipinski definition) is 3. The van der Waals surface area contributed by atoms with E-state index in [-0.39, 0.29) is 18.6 Å². The molecule has 1 saturated carbocycles. The number of aliphatic hydroxyl groups is 1. The summed E-state index contributed by atoms with van der Waals surface area (Å²) < 4.78 is 0. The van der Waals surface area contributed by atoms with Crippen molar-refractivity contribution in [2.24, 2.45) is 5.92 Å². The van der Waals surface area contributed by atoms with E-state index in [0.29, 0.717) is 5.92 Å². The summed E-state index contributed by atoms with van der Waals surface area (Å²) in [5.41, 5.74) is 0.653. The summed E-state index contributed by atoms with van der Waals surface area (Å²) in [7, 11) is 0. The molecule has 0 bridgehead atoms. The minimum atomic E-state index is -1.11. The van der Waals surface area contributed by atoms with Gasteiger partial charge in [-0.3, -0.25) is 0 Å². The molecule has 0 spiro atoms. The predicted molar refractivity (Wildman–Crippen MR) is 94.9 cm³/mol. The number of nitrogens with one attached hydrogen (secondary N) is 2. The average Bonchev–Trinajstić information content (AvgIpc) is 3.33. The highest BCUT2D eigenvalue weighted by molar-refractivity contribution is 7.09. The Kier molecular flexibility index (Phi) is 4.87. The molecule has 1 aliphatic carbocycles. The van der Waals surface area contributed by atoms with Crippen LogP contribution in [0.1, 0.15) is 42.1 Å². The maximum Gasteiger partial charge on any atom is 0.315 e. The standard InChI is InChI=1S/C18H23N3O2S/c1-12-10-24-16(20-12)15(13-8-9-13)21-17(22)19-11-18(2,23)14-6-4-3-5-7-14/h3-7,10,13,15,23H,8-9,11H2,1-2H3,(H2,19,21,22)/t15-,18+/m1/s1. The molecule has 2 amide bonds. The van der Waals surface area contributed by atoms with E-state index in [9.17, 15) is 9.90 Å². The highest BCUT2D eigenvalue weighted by Gasteiger charge is 2.35. The van der Waals surface area contributed by atoms with E-state index in [4.69, 9.17) is 0 Å². The van der Waals surface area contributed by atoms with Crippen molar-refractivity contribution in [1.82, 2.24) is 15.6 Å². The summed E-state index contributed by atoms with van der Waals surface area (Å²) in [6.45, 7) is 3.81. The lowest BCUT2D eigenvalue weighted by Gasteiger charge is -2.25. The molecular formula is C18H23N3O2S. The van der Waals surface area contributed by atoms with Crippen LogP contribution in [0.15, 0.2) is 35.7 Å². The van der Waals surface area contributed by atoms with Crippen molar-refractivity contribution in [3.05, 3.63) is 52.0 Å². The van der Waals surface area contributed by atoms with Gasteiger partial charge in [0.05, 0.1) is 12.6 Å². The van der Waals surface area contributed by atoms with Gasteiger partial charge in [0, 0.05) is 11.1 Å². The zero-order valence-electron chi connectivity index (χ0n) is 14.0. The summed E-state index contributed by atoms with van der Waals surface area (Å²) in [5, 5.41) is 19.3. The Balaban J connectivity index is 1.58. The van der Waals surface area contributed by atoms with Crippen LogP contribution in [0, 0.1) is 12.8 Å². The Morgan fingerprint density at radius 3 is 2.71 bits per heavy atom. The number of carbonyl (C=O) groups is 1. The van der Waals surface area contributed by atoms with Crippen LogP contribution in [0.5, 0.6) is 0 Å². The molecular weight excluding hydrogens is 322 g/mol. The Morgan fingerprint density at radius 1 is 1.42 bits per heavy atom. The molecule has 2 atom stereocenters. The van der Waals surface area contributed by atoms with Gasteiger partial charge in [-0.05, 0) is 38.2 Å². The molecule has 6 heteroatoms. The zero-order chi connectivity index (χ0) is 17.2. The van der Waals surface area contributed by atoms with Crippen molar-refractivity contribution in [1.29, 1.82) is 0 Å². The second-order valence-electron chi connectivity index (χ2n) is 6.61. The van der Waals surface area contributed by atoms with Crippen LogP contribution in [0.3, 0.4) is 0 Å². The van der Waals surface area contributed by atoms with Crippen LogP contribution in [0.4, 0.5) is 4.79 Å². The number of aryl methyl sites for hydroxylation is 1.